The third-order valence-corrected chi connectivity index (χ3v) is 1.28. The first-order valence-electron chi connectivity index (χ1n) is 3.41. The Kier molecular flexibility index (Phi) is 2.67. The van der Waals surface area contributed by atoms with Crippen LogP contribution in [0, 0.1) is 17.7 Å². The van der Waals surface area contributed by atoms with E-state index in [1.54, 1.807) is 0 Å². The Morgan fingerprint density at radius 1 is 1.50 bits per heavy atom. The fourth-order valence-corrected chi connectivity index (χ4v) is 0.738. The summed E-state index contributed by atoms with van der Waals surface area (Å²) in [5.41, 5.74) is 5.64. The molecule has 0 spiro atoms. The van der Waals surface area contributed by atoms with Gasteiger partial charge in [-0.15, -0.1) is 0 Å². The highest BCUT2D eigenvalue weighted by molar-refractivity contribution is 5.38. The Hall–Kier alpha value is -1.53. The van der Waals surface area contributed by atoms with E-state index >= 15 is 0 Å². The number of aromatic hydroxyl groups is 1. The lowest BCUT2D eigenvalue weighted by molar-refractivity contribution is 0.432. The van der Waals surface area contributed by atoms with Gasteiger partial charge in [-0.3, -0.25) is 0 Å². The molecule has 0 saturated carbocycles. The third kappa shape index (κ3) is 1.97. The molecule has 0 bridgehead atoms. The number of phenolic OH excluding ortho intramolecular Hbond substituents is 1. The Balaban J connectivity index is 2.97. The van der Waals surface area contributed by atoms with Crippen LogP contribution >= 0.6 is 0 Å². The molecule has 0 amide bonds. The highest BCUT2D eigenvalue weighted by Crippen LogP contribution is 2.15. The Morgan fingerprint density at radius 3 is 2.83 bits per heavy atom. The minimum absolute atomic E-state index is 0.239. The summed E-state index contributed by atoms with van der Waals surface area (Å²) in [7, 11) is 0. The van der Waals surface area contributed by atoms with Crippen LogP contribution in [-0.2, 0) is 0 Å². The van der Waals surface area contributed by atoms with E-state index in [1.807, 2.05) is 0 Å². The summed E-state index contributed by atoms with van der Waals surface area (Å²) in [6.07, 6.45) is 0. The molecule has 0 aliphatic rings. The van der Waals surface area contributed by atoms with Crippen LogP contribution in [0.4, 0.5) is 4.39 Å². The average molecular weight is 165 g/mol. The first kappa shape index (κ1) is 8.57. The summed E-state index contributed by atoms with van der Waals surface area (Å²) in [4.78, 5) is 0. The Morgan fingerprint density at radius 2 is 2.25 bits per heavy atom. The van der Waals surface area contributed by atoms with Crippen molar-refractivity contribution in [2.75, 3.05) is 6.54 Å². The first-order valence-corrected chi connectivity index (χ1v) is 3.41. The average Bonchev–Trinajstić information content (AvgIpc) is 2.07. The van der Waals surface area contributed by atoms with Crippen LogP contribution in [0.5, 0.6) is 5.75 Å². The molecule has 12 heavy (non-hydrogen) atoms. The molecule has 0 aromatic heterocycles. The van der Waals surface area contributed by atoms with Crippen LogP contribution in [0.3, 0.4) is 0 Å². The van der Waals surface area contributed by atoms with Crippen LogP contribution < -0.4 is 5.73 Å². The fourth-order valence-electron chi connectivity index (χ4n) is 0.738. The van der Waals surface area contributed by atoms with Crippen LogP contribution in [0.15, 0.2) is 18.2 Å². The van der Waals surface area contributed by atoms with Gasteiger partial charge < -0.3 is 10.8 Å². The van der Waals surface area contributed by atoms with E-state index in [9.17, 15) is 4.39 Å². The van der Waals surface area contributed by atoms with E-state index < -0.39 is 5.82 Å². The lowest BCUT2D eigenvalue weighted by Crippen LogP contribution is -1.93. The SMILES string of the molecule is NCC#Cc1ccc(O)c(F)c1. The van der Waals surface area contributed by atoms with E-state index in [4.69, 9.17) is 10.8 Å². The first-order chi connectivity index (χ1) is 5.74. The predicted molar refractivity (Wildman–Crippen MR) is 44.0 cm³/mol. The van der Waals surface area contributed by atoms with Gasteiger partial charge in [0.2, 0.25) is 0 Å². The molecule has 2 nitrogen and oxygen atoms in total. The van der Waals surface area contributed by atoms with Gasteiger partial charge in [-0.25, -0.2) is 4.39 Å². The lowest BCUT2D eigenvalue weighted by atomic mass is 10.2. The second-order valence-electron chi connectivity index (χ2n) is 2.17. The van der Waals surface area contributed by atoms with Crippen molar-refractivity contribution >= 4 is 0 Å². The molecule has 0 aliphatic carbocycles. The standard InChI is InChI=1S/C9H8FNO/c10-8-6-7(2-1-5-11)3-4-9(8)12/h3-4,6,12H,5,11H2. The van der Waals surface area contributed by atoms with Crippen molar-refractivity contribution in [1.82, 2.24) is 0 Å². The molecule has 0 fully saturated rings. The van der Waals surface area contributed by atoms with Gasteiger partial charge in [-0.2, -0.15) is 0 Å². The van der Waals surface area contributed by atoms with Crippen molar-refractivity contribution in [3.8, 4) is 17.6 Å². The zero-order valence-corrected chi connectivity index (χ0v) is 6.34. The van der Waals surface area contributed by atoms with Gasteiger partial charge in [0.05, 0.1) is 6.54 Å². The maximum absolute atomic E-state index is 12.7. The summed E-state index contributed by atoms with van der Waals surface area (Å²) >= 11 is 0. The molecule has 0 unspecified atom stereocenters. The van der Waals surface area contributed by atoms with Crippen molar-refractivity contribution in [3.63, 3.8) is 0 Å². The molecule has 0 atom stereocenters. The van der Waals surface area contributed by atoms with Crippen LogP contribution in [-0.4, -0.2) is 11.7 Å². The van der Waals surface area contributed by atoms with E-state index in [-0.39, 0.29) is 12.3 Å². The van der Waals surface area contributed by atoms with E-state index in [0.29, 0.717) is 5.56 Å². The summed E-state index contributed by atoms with van der Waals surface area (Å²) in [5, 5.41) is 8.82. The highest BCUT2D eigenvalue weighted by atomic mass is 19.1. The number of hydrogen-bond donors (Lipinski definition) is 2. The predicted octanol–water partition coefficient (Wildman–Crippen LogP) is 0.841. The number of halogens is 1. The smallest absolute Gasteiger partial charge is 0.166 e. The van der Waals surface area contributed by atoms with E-state index in [1.165, 1.54) is 12.1 Å². The van der Waals surface area contributed by atoms with E-state index in [2.05, 4.69) is 11.8 Å². The zero-order valence-electron chi connectivity index (χ0n) is 6.34. The van der Waals surface area contributed by atoms with Gasteiger partial charge in [0, 0.05) is 5.56 Å². The quantitative estimate of drug-likeness (QED) is 0.559. The van der Waals surface area contributed by atoms with Crippen molar-refractivity contribution in [3.05, 3.63) is 29.6 Å². The lowest BCUT2D eigenvalue weighted by Gasteiger charge is -1.93. The number of phenols is 1. The molecule has 3 heteroatoms. The van der Waals surface area contributed by atoms with Crippen molar-refractivity contribution in [2.24, 2.45) is 5.73 Å². The minimum Gasteiger partial charge on any atom is -0.505 e. The maximum atomic E-state index is 12.7. The second kappa shape index (κ2) is 3.74. The highest BCUT2D eigenvalue weighted by Gasteiger charge is 1.98. The minimum atomic E-state index is -0.668. The second-order valence-corrected chi connectivity index (χ2v) is 2.17. The summed E-state index contributed by atoms with van der Waals surface area (Å²) < 4.78 is 12.7. The Labute approximate surface area is 69.8 Å². The molecule has 0 radical (unpaired) electrons. The molecule has 0 saturated heterocycles. The number of hydrogen-bond acceptors (Lipinski definition) is 2. The van der Waals surface area contributed by atoms with Crippen molar-refractivity contribution in [2.45, 2.75) is 0 Å². The molecule has 0 heterocycles. The molecular weight excluding hydrogens is 157 g/mol. The van der Waals surface area contributed by atoms with Crippen LogP contribution in [0.2, 0.25) is 0 Å². The number of nitrogens with two attached hydrogens (primary N) is 1. The van der Waals surface area contributed by atoms with E-state index in [0.717, 1.165) is 6.07 Å². The van der Waals surface area contributed by atoms with Crippen LogP contribution in [0.25, 0.3) is 0 Å². The van der Waals surface area contributed by atoms with Gasteiger partial charge in [-0.1, -0.05) is 11.8 Å². The van der Waals surface area contributed by atoms with Crippen LogP contribution in [0.1, 0.15) is 5.56 Å². The Bertz CT molecular complexity index is 338. The monoisotopic (exact) mass is 165 g/mol. The number of rotatable bonds is 0. The number of benzene rings is 1. The summed E-state index contributed by atoms with van der Waals surface area (Å²) in [5.74, 6) is 4.19. The molecule has 62 valence electrons. The molecule has 1 aromatic rings. The van der Waals surface area contributed by atoms with Gasteiger partial charge in [0.25, 0.3) is 0 Å². The topological polar surface area (TPSA) is 46.2 Å². The molecule has 3 N–H and O–H groups in total. The molecular formula is C9H8FNO. The molecule has 0 aliphatic heterocycles. The molecule has 1 aromatic carbocycles. The molecule has 1 rings (SSSR count). The zero-order chi connectivity index (χ0) is 8.97. The van der Waals surface area contributed by atoms with Gasteiger partial charge in [-0.05, 0) is 18.2 Å². The van der Waals surface area contributed by atoms with Crippen molar-refractivity contribution < 1.29 is 9.50 Å². The van der Waals surface area contributed by atoms with Gasteiger partial charge in [0.1, 0.15) is 0 Å². The fraction of sp³-hybridized carbons (Fsp3) is 0.111. The largest absolute Gasteiger partial charge is 0.505 e. The summed E-state index contributed by atoms with van der Waals surface area (Å²) in [6, 6.07) is 3.95. The summed E-state index contributed by atoms with van der Waals surface area (Å²) in [6.45, 7) is 0.239. The third-order valence-electron chi connectivity index (χ3n) is 1.28. The van der Waals surface area contributed by atoms with Gasteiger partial charge >= 0.3 is 0 Å². The maximum Gasteiger partial charge on any atom is 0.166 e. The van der Waals surface area contributed by atoms with Gasteiger partial charge in [0.15, 0.2) is 11.6 Å². The normalized spacial score (nSPS) is 8.83. The van der Waals surface area contributed by atoms with Crippen molar-refractivity contribution in [1.29, 1.82) is 0 Å².